The van der Waals surface area contributed by atoms with Crippen LogP contribution in [-0.2, 0) is 14.8 Å². The van der Waals surface area contributed by atoms with Crippen molar-refractivity contribution < 1.29 is 22.0 Å². The molecular formula is C19H16ClF2NO3S. The van der Waals surface area contributed by atoms with Crippen molar-refractivity contribution in [3.8, 4) is 0 Å². The number of nitrogens with zero attached hydrogens (tertiary/aromatic N) is 1. The van der Waals surface area contributed by atoms with Crippen molar-refractivity contribution in [1.82, 2.24) is 4.31 Å². The molecule has 0 amide bonds. The van der Waals surface area contributed by atoms with Crippen molar-refractivity contribution in [2.75, 3.05) is 0 Å². The topological polar surface area (TPSA) is 54.5 Å². The average molecular weight is 412 g/mol. The number of piperidine rings is 2. The van der Waals surface area contributed by atoms with E-state index in [2.05, 4.69) is 0 Å². The predicted molar refractivity (Wildman–Crippen MR) is 95.7 cm³/mol. The summed E-state index contributed by atoms with van der Waals surface area (Å²) < 4.78 is 56.2. The highest BCUT2D eigenvalue weighted by Gasteiger charge is 2.52. The lowest BCUT2D eigenvalue weighted by atomic mass is 9.73. The molecule has 5 rings (SSSR count). The quantitative estimate of drug-likeness (QED) is 0.764. The van der Waals surface area contributed by atoms with E-state index >= 15 is 0 Å². The lowest BCUT2D eigenvalue weighted by Gasteiger charge is -2.49. The van der Waals surface area contributed by atoms with E-state index in [0.717, 1.165) is 18.2 Å². The molecule has 2 aliphatic heterocycles. The summed E-state index contributed by atoms with van der Waals surface area (Å²) in [5, 5.41) is 0.386. The number of sulfonamides is 1. The third-order valence-corrected chi connectivity index (χ3v) is 7.54. The van der Waals surface area contributed by atoms with Crippen molar-refractivity contribution in [3.63, 3.8) is 0 Å². The normalized spacial score (nSPS) is 25.7. The fourth-order valence-corrected chi connectivity index (χ4v) is 6.12. The Balaban J connectivity index is 1.87. The van der Waals surface area contributed by atoms with Crippen LogP contribution in [0.3, 0.4) is 0 Å². The van der Waals surface area contributed by atoms with Gasteiger partial charge in [0.1, 0.15) is 17.4 Å². The Morgan fingerprint density at radius 1 is 1.04 bits per heavy atom. The third kappa shape index (κ3) is 3.07. The molecule has 2 saturated heterocycles. The summed E-state index contributed by atoms with van der Waals surface area (Å²) in [6, 6.07) is 6.96. The number of carbonyl (C=O) groups excluding carboxylic acids is 1. The van der Waals surface area contributed by atoms with E-state index in [-0.39, 0.29) is 22.7 Å². The molecule has 27 heavy (non-hydrogen) atoms. The fourth-order valence-electron chi connectivity index (χ4n) is 4.14. The van der Waals surface area contributed by atoms with Gasteiger partial charge in [0.2, 0.25) is 10.0 Å². The van der Waals surface area contributed by atoms with Crippen molar-refractivity contribution in [2.45, 2.75) is 36.2 Å². The van der Waals surface area contributed by atoms with Gasteiger partial charge >= 0.3 is 0 Å². The number of ketones is 1. The minimum atomic E-state index is -4.03. The summed E-state index contributed by atoms with van der Waals surface area (Å²) in [6.45, 7) is 0. The molecule has 2 bridgehead atoms. The van der Waals surface area contributed by atoms with Crippen molar-refractivity contribution >= 4 is 27.4 Å². The van der Waals surface area contributed by atoms with E-state index in [1.165, 1.54) is 28.6 Å². The van der Waals surface area contributed by atoms with Gasteiger partial charge < -0.3 is 0 Å². The van der Waals surface area contributed by atoms with Crippen molar-refractivity contribution in [1.29, 1.82) is 0 Å². The van der Waals surface area contributed by atoms with Crippen LogP contribution in [-0.4, -0.2) is 24.5 Å². The van der Waals surface area contributed by atoms with E-state index in [0.29, 0.717) is 17.9 Å². The van der Waals surface area contributed by atoms with E-state index in [4.69, 9.17) is 11.6 Å². The van der Waals surface area contributed by atoms with Crippen LogP contribution in [0.4, 0.5) is 8.78 Å². The molecule has 2 aromatic carbocycles. The van der Waals surface area contributed by atoms with Gasteiger partial charge in [-0.3, -0.25) is 4.79 Å². The zero-order valence-electron chi connectivity index (χ0n) is 14.1. The smallest absolute Gasteiger partial charge is 0.243 e. The molecule has 142 valence electrons. The molecule has 3 fully saturated rings. The highest BCUT2D eigenvalue weighted by Crippen LogP contribution is 2.49. The summed E-state index contributed by atoms with van der Waals surface area (Å²) in [7, 11) is -4.03. The van der Waals surface area contributed by atoms with Gasteiger partial charge in [0, 0.05) is 29.0 Å². The molecule has 1 aliphatic carbocycles. The first kappa shape index (κ1) is 18.5. The maximum Gasteiger partial charge on any atom is 0.243 e. The van der Waals surface area contributed by atoms with Crippen LogP contribution in [0.25, 0.3) is 0 Å². The van der Waals surface area contributed by atoms with Crippen LogP contribution in [0.1, 0.15) is 30.9 Å². The first-order valence-corrected chi connectivity index (χ1v) is 10.4. The first-order chi connectivity index (χ1) is 12.8. The molecule has 3 aliphatic rings. The van der Waals surface area contributed by atoms with Crippen LogP contribution in [0.2, 0.25) is 5.02 Å². The molecule has 0 N–H and O–H groups in total. The first-order valence-electron chi connectivity index (χ1n) is 8.56. The fraction of sp³-hybridized carbons (Fsp3) is 0.316. The van der Waals surface area contributed by atoms with E-state index in [1.54, 1.807) is 0 Å². The Bertz CT molecular complexity index is 1010. The van der Waals surface area contributed by atoms with E-state index < -0.39 is 39.7 Å². The monoisotopic (exact) mass is 411 g/mol. The number of rotatable bonds is 3. The zero-order valence-corrected chi connectivity index (χ0v) is 15.7. The van der Waals surface area contributed by atoms with Crippen molar-refractivity contribution in [2.24, 2.45) is 5.92 Å². The van der Waals surface area contributed by atoms with Crippen molar-refractivity contribution in [3.05, 3.63) is 64.7 Å². The second-order valence-electron chi connectivity index (χ2n) is 6.91. The van der Waals surface area contributed by atoms with Gasteiger partial charge in [-0.2, -0.15) is 4.31 Å². The second kappa shape index (κ2) is 6.65. The molecule has 1 saturated carbocycles. The molecule has 4 nitrogen and oxygen atoms in total. The van der Waals surface area contributed by atoms with Gasteiger partial charge in [0.25, 0.3) is 0 Å². The van der Waals surface area contributed by atoms with E-state index in [9.17, 15) is 22.0 Å². The Morgan fingerprint density at radius 2 is 1.74 bits per heavy atom. The molecule has 3 atom stereocenters. The molecule has 0 spiro atoms. The molecule has 8 heteroatoms. The highest BCUT2D eigenvalue weighted by molar-refractivity contribution is 7.89. The minimum absolute atomic E-state index is 0.00807. The third-order valence-electron chi connectivity index (χ3n) is 5.34. The maximum atomic E-state index is 14.5. The number of hydrogen-bond acceptors (Lipinski definition) is 3. The van der Waals surface area contributed by atoms with Gasteiger partial charge in [0.15, 0.2) is 0 Å². The predicted octanol–water partition coefficient (Wildman–Crippen LogP) is 4.10. The Hall–Kier alpha value is -1.83. The number of hydrogen-bond donors (Lipinski definition) is 0. The average Bonchev–Trinajstić information content (AvgIpc) is 2.63. The lowest BCUT2D eigenvalue weighted by Crippen LogP contribution is -2.56. The van der Waals surface area contributed by atoms with Gasteiger partial charge in [-0.1, -0.05) is 11.6 Å². The Kier molecular flexibility index (Phi) is 4.56. The summed E-state index contributed by atoms with van der Waals surface area (Å²) in [5.41, 5.74) is -0.102. The number of fused-ring (bicyclic) bond motifs is 3. The number of Topliss-reactive ketones (excluding diaryl/α,β-unsaturated/α-hetero) is 1. The van der Waals surface area contributed by atoms with Gasteiger partial charge in [-0.15, -0.1) is 0 Å². The molecule has 2 aromatic rings. The number of benzene rings is 2. The Labute approximate surface area is 160 Å². The molecular weight excluding hydrogens is 396 g/mol. The SMILES string of the molecule is O=C1C[C@@H]2CC[C@H]1[C@@H](c1cc(F)ccc1F)N2S(=O)(=O)c1ccc(Cl)cc1. The largest absolute Gasteiger partial charge is 0.299 e. The maximum absolute atomic E-state index is 14.5. The summed E-state index contributed by atoms with van der Waals surface area (Å²) in [5.74, 6) is -2.20. The summed E-state index contributed by atoms with van der Waals surface area (Å²) >= 11 is 5.85. The van der Waals surface area contributed by atoms with Gasteiger partial charge in [-0.05, 0) is 55.3 Å². The lowest BCUT2D eigenvalue weighted by molar-refractivity contribution is -0.133. The molecule has 0 aromatic heterocycles. The van der Waals surface area contributed by atoms with Gasteiger partial charge in [-0.25, -0.2) is 17.2 Å². The van der Waals surface area contributed by atoms with Crippen LogP contribution in [0.5, 0.6) is 0 Å². The van der Waals surface area contributed by atoms with Crippen LogP contribution >= 0.6 is 11.6 Å². The Morgan fingerprint density at radius 3 is 2.41 bits per heavy atom. The summed E-state index contributed by atoms with van der Waals surface area (Å²) in [6.07, 6.45) is 1.05. The standard InChI is InChI=1S/C19H16ClF2NO3S/c20-11-1-5-14(6-2-11)27(25,26)23-13-4-7-15(18(24)10-13)19(23)16-9-12(21)3-8-17(16)22/h1-3,5-6,8-9,13,15,19H,4,7,10H2/t13-,15+,19-/m0/s1. The number of carbonyl (C=O) groups is 1. The highest BCUT2D eigenvalue weighted by atomic mass is 35.5. The van der Waals surface area contributed by atoms with E-state index in [1.807, 2.05) is 0 Å². The van der Waals surface area contributed by atoms with Crippen LogP contribution in [0.15, 0.2) is 47.4 Å². The zero-order chi connectivity index (χ0) is 19.3. The minimum Gasteiger partial charge on any atom is -0.299 e. The number of halogens is 3. The second-order valence-corrected chi connectivity index (χ2v) is 9.19. The summed E-state index contributed by atoms with van der Waals surface area (Å²) in [4.78, 5) is 12.4. The van der Waals surface area contributed by atoms with Gasteiger partial charge in [0.05, 0.1) is 10.9 Å². The molecule has 2 heterocycles. The van der Waals surface area contributed by atoms with Crippen LogP contribution < -0.4 is 0 Å². The molecule has 0 radical (unpaired) electrons. The van der Waals surface area contributed by atoms with Crippen LogP contribution in [0, 0.1) is 17.6 Å². The molecule has 0 unspecified atom stereocenters.